The van der Waals surface area contributed by atoms with Crippen LogP contribution in [0.25, 0.3) is 0 Å². The molecule has 0 amide bonds. The fraction of sp³-hybridized carbons (Fsp3) is 1.00. The van der Waals surface area contributed by atoms with Crippen molar-refractivity contribution in [1.29, 1.82) is 0 Å². The van der Waals surface area contributed by atoms with Gasteiger partial charge in [-0.1, -0.05) is 6.42 Å². The average molecular weight is 222 g/mol. The summed E-state index contributed by atoms with van der Waals surface area (Å²) in [5.74, 6) is 2.03. The zero-order chi connectivity index (χ0) is 10.8. The van der Waals surface area contributed by atoms with Gasteiger partial charge < -0.3 is 10.2 Å². The van der Waals surface area contributed by atoms with Crippen molar-refractivity contribution >= 4 is 0 Å². The maximum Gasteiger partial charge on any atom is 0.00683 e. The van der Waals surface area contributed by atoms with Gasteiger partial charge in [0.25, 0.3) is 0 Å². The molecule has 16 heavy (non-hydrogen) atoms. The fourth-order valence-electron chi connectivity index (χ4n) is 3.03. The third kappa shape index (κ3) is 2.98. The van der Waals surface area contributed by atoms with Crippen molar-refractivity contribution in [2.75, 3.05) is 26.2 Å². The Bertz CT molecular complexity index is 213. The van der Waals surface area contributed by atoms with Crippen molar-refractivity contribution < 1.29 is 0 Å². The fourth-order valence-corrected chi connectivity index (χ4v) is 3.03. The van der Waals surface area contributed by atoms with E-state index in [4.69, 9.17) is 0 Å². The highest BCUT2D eigenvalue weighted by atomic mass is 15.1. The Kier molecular flexibility index (Phi) is 3.49. The molecule has 0 aromatic rings. The normalized spacial score (nSPS) is 29.2. The quantitative estimate of drug-likeness (QED) is 0.767. The Morgan fingerprint density at radius 3 is 2.19 bits per heavy atom. The summed E-state index contributed by atoms with van der Waals surface area (Å²) in [5, 5.41) is 3.69. The van der Waals surface area contributed by atoms with Crippen LogP contribution in [0, 0.1) is 11.8 Å². The minimum atomic E-state index is 0.896. The van der Waals surface area contributed by atoms with Gasteiger partial charge in [-0.25, -0.2) is 0 Å². The predicted molar refractivity (Wildman–Crippen MR) is 67.5 cm³/mol. The highest BCUT2D eigenvalue weighted by Crippen LogP contribution is 2.29. The lowest BCUT2D eigenvalue weighted by Gasteiger charge is -2.37. The van der Waals surface area contributed by atoms with Crippen LogP contribution in [-0.2, 0) is 0 Å². The molecular weight excluding hydrogens is 196 g/mol. The Morgan fingerprint density at radius 1 is 0.875 bits per heavy atom. The second-order valence-corrected chi connectivity index (χ2v) is 6.22. The van der Waals surface area contributed by atoms with E-state index in [2.05, 4.69) is 10.2 Å². The van der Waals surface area contributed by atoms with E-state index in [0.29, 0.717) is 0 Å². The summed E-state index contributed by atoms with van der Waals surface area (Å²) in [6.07, 6.45) is 10.2. The van der Waals surface area contributed by atoms with Gasteiger partial charge in [-0.05, 0) is 70.0 Å². The lowest BCUT2D eigenvalue weighted by atomic mass is 9.84. The topological polar surface area (TPSA) is 15.3 Å². The van der Waals surface area contributed by atoms with Crippen LogP contribution < -0.4 is 5.32 Å². The summed E-state index contributed by atoms with van der Waals surface area (Å²) < 4.78 is 0. The third-order valence-corrected chi connectivity index (χ3v) is 4.72. The Balaban J connectivity index is 1.31. The molecule has 1 saturated heterocycles. The number of rotatable bonds is 5. The van der Waals surface area contributed by atoms with Gasteiger partial charge in [0.1, 0.15) is 0 Å². The molecule has 2 heteroatoms. The molecule has 1 aliphatic heterocycles. The Labute approximate surface area is 99.8 Å². The number of nitrogens with zero attached hydrogens (tertiary/aromatic N) is 1. The highest BCUT2D eigenvalue weighted by molar-refractivity contribution is 4.84. The van der Waals surface area contributed by atoms with Crippen LogP contribution in [-0.4, -0.2) is 37.1 Å². The van der Waals surface area contributed by atoms with Crippen molar-refractivity contribution in [3.05, 3.63) is 0 Å². The largest absolute Gasteiger partial charge is 0.314 e. The molecule has 2 aliphatic carbocycles. The van der Waals surface area contributed by atoms with Crippen LogP contribution in [0.2, 0.25) is 0 Å². The van der Waals surface area contributed by atoms with Crippen molar-refractivity contribution in [2.24, 2.45) is 11.8 Å². The molecule has 3 fully saturated rings. The number of nitrogens with one attached hydrogen (secondary N) is 1. The van der Waals surface area contributed by atoms with Gasteiger partial charge in [0.05, 0.1) is 0 Å². The number of likely N-dealkylation sites (tertiary alicyclic amines) is 1. The lowest BCUT2D eigenvalue weighted by Crippen LogP contribution is -2.41. The highest BCUT2D eigenvalue weighted by Gasteiger charge is 2.26. The van der Waals surface area contributed by atoms with Gasteiger partial charge in [0.2, 0.25) is 0 Å². The minimum absolute atomic E-state index is 0.896. The second kappa shape index (κ2) is 5.05. The molecule has 0 aromatic carbocycles. The number of hydrogen-bond donors (Lipinski definition) is 1. The van der Waals surface area contributed by atoms with Gasteiger partial charge in [0, 0.05) is 12.6 Å². The summed E-state index contributed by atoms with van der Waals surface area (Å²) in [6, 6.07) is 0.896. The molecule has 0 atom stereocenters. The molecule has 3 rings (SSSR count). The molecule has 2 nitrogen and oxygen atoms in total. The van der Waals surface area contributed by atoms with E-state index in [9.17, 15) is 0 Å². The van der Waals surface area contributed by atoms with Crippen LogP contribution in [0.3, 0.4) is 0 Å². The summed E-state index contributed by atoms with van der Waals surface area (Å²) in [4.78, 5) is 2.72. The van der Waals surface area contributed by atoms with Crippen LogP contribution in [0.4, 0.5) is 0 Å². The van der Waals surface area contributed by atoms with Gasteiger partial charge in [-0.3, -0.25) is 0 Å². The van der Waals surface area contributed by atoms with Crippen molar-refractivity contribution in [1.82, 2.24) is 10.2 Å². The van der Waals surface area contributed by atoms with E-state index >= 15 is 0 Å². The standard InChI is InChI=1S/C14H26N2/c1-2-13(3-1)11-16-8-6-12(7-9-16)10-15-14-4-5-14/h12-15H,1-11H2. The average Bonchev–Trinajstić information content (AvgIpc) is 3.06. The number of piperidine rings is 1. The van der Waals surface area contributed by atoms with E-state index in [1.165, 1.54) is 71.1 Å². The zero-order valence-corrected chi connectivity index (χ0v) is 10.5. The monoisotopic (exact) mass is 222 g/mol. The SMILES string of the molecule is C1CC(CN2CCC(CNC3CC3)CC2)C1. The Hall–Kier alpha value is -0.0800. The van der Waals surface area contributed by atoms with Gasteiger partial charge in [0.15, 0.2) is 0 Å². The van der Waals surface area contributed by atoms with Crippen molar-refractivity contribution in [2.45, 2.75) is 51.0 Å². The van der Waals surface area contributed by atoms with Crippen LogP contribution in [0.5, 0.6) is 0 Å². The minimum Gasteiger partial charge on any atom is -0.314 e. The molecule has 2 saturated carbocycles. The zero-order valence-electron chi connectivity index (χ0n) is 10.5. The summed E-state index contributed by atoms with van der Waals surface area (Å²) in [6.45, 7) is 5.44. The molecule has 92 valence electrons. The molecule has 1 N–H and O–H groups in total. The van der Waals surface area contributed by atoms with E-state index < -0.39 is 0 Å². The molecule has 3 aliphatic rings. The first kappa shape index (κ1) is 11.0. The molecule has 0 spiro atoms. The number of hydrogen-bond acceptors (Lipinski definition) is 2. The van der Waals surface area contributed by atoms with Gasteiger partial charge in [-0.2, -0.15) is 0 Å². The van der Waals surface area contributed by atoms with Crippen molar-refractivity contribution in [3.8, 4) is 0 Å². The maximum absolute atomic E-state index is 3.69. The maximum atomic E-state index is 3.69. The third-order valence-electron chi connectivity index (χ3n) is 4.72. The van der Waals surface area contributed by atoms with E-state index in [1.54, 1.807) is 0 Å². The molecular formula is C14H26N2. The van der Waals surface area contributed by atoms with Gasteiger partial charge >= 0.3 is 0 Å². The first-order chi connectivity index (χ1) is 7.90. The molecule has 1 heterocycles. The first-order valence-electron chi connectivity index (χ1n) is 7.36. The van der Waals surface area contributed by atoms with Crippen LogP contribution >= 0.6 is 0 Å². The van der Waals surface area contributed by atoms with E-state index in [0.717, 1.165) is 17.9 Å². The predicted octanol–water partition coefficient (Wildman–Crippen LogP) is 2.25. The Morgan fingerprint density at radius 2 is 1.62 bits per heavy atom. The second-order valence-electron chi connectivity index (χ2n) is 6.22. The van der Waals surface area contributed by atoms with E-state index in [1.807, 2.05) is 0 Å². The van der Waals surface area contributed by atoms with Crippen molar-refractivity contribution in [3.63, 3.8) is 0 Å². The molecule has 0 radical (unpaired) electrons. The first-order valence-corrected chi connectivity index (χ1v) is 7.36. The molecule has 0 aromatic heterocycles. The van der Waals surface area contributed by atoms with Crippen LogP contribution in [0.1, 0.15) is 44.9 Å². The van der Waals surface area contributed by atoms with Gasteiger partial charge in [-0.15, -0.1) is 0 Å². The summed E-state index contributed by atoms with van der Waals surface area (Å²) >= 11 is 0. The lowest BCUT2D eigenvalue weighted by molar-refractivity contribution is 0.131. The summed E-state index contributed by atoms with van der Waals surface area (Å²) in [5.41, 5.74) is 0. The van der Waals surface area contributed by atoms with Crippen LogP contribution in [0.15, 0.2) is 0 Å². The summed E-state index contributed by atoms with van der Waals surface area (Å²) in [7, 11) is 0. The smallest absolute Gasteiger partial charge is 0.00683 e. The van der Waals surface area contributed by atoms with E-state index in [-0.39, 0.29) is 0 Å². The molecule has 0 bridgehead atoms. The molecule has 0 unspecified atom stereocenters.